The lowest BCUT2D eigenvalue weighted by Gasteiger charge is -2.19. The third-order valence-electron chi connectivity index (χ3n) is 4.43. The van der Waals surface area contributed by atoms with E-state index in [-0.39, 0.29) is 23.7 Å². The molecule has 12 heteroatoms. The summed E-state index contributed by atoms with van der Waals surface area (Å²) in [6, 6.07) is 4.82. The van der Waals surface area contributed by atoms with E-state index in [4.69, 9.17) is 0 Å². The van der Waals surface area contributed by atoms with Gasteiger partial charge in [-0.2, -0.15) is 17.5 Å². The molecule has 2 N–H and O–H groups in total. The van der Waals surface area contributed by atoms with Gasteiger partial charge < -0.3 is 10.6 Å². The molecule has 0 radical (unpaired) electrons. The van der Waals surface area contributed by atoms with Crippen LogP contribution < -0.4 is 10.6 Å². The Morgan fingerprint density at radius 1 is 0.969 bits per heavy atom. The van der Waals surface area contributed by atoms with Crippen LogP contribution in [0.5, 0.6) is 0 Å². The summed E-state index contributed by atoms with van der Waals surface area (Å²) in [6.07, 6.45) is -4.74. The SMILES string of the molecule is CCN(CC)S(=O)(=O)c1ccc(F)c(C(=O)Nc2cc(C(F)(F)F)ccc2NC(C)=O)c1. The van der Waals surface area contributed by atoms with Gasteiger partial charge in [-0.1, -0.05) is 13.8 Å². The fourth-order valence-corrected chi connectivity index (χ4v) is 4.35. The molecule has 7 nitrogen and oxygen atoms in total. The average Bonchev–Trinajstić information content (AvgIpc) is 2.68. The molecule has 0 aliphatic carbocycles. The highest BCUT2D eigenvalue weighted by atomic mass is 32.2. The van der Waals surface area contributed by atoms with Gasteiger partial charge in [0.05, 0.1) is 27.4 Å². The zero-order valence-electron chi connectivity index (χ0n) is 17.4. The summed E-state index contributed by atoms with van der Waals surface area (Å²) in [5.74, 6) is -2.88. The predicted molar refractivity (Wildman–Crippen MR) is 110 cm³/mol. The number of amides is 2. The van der Waals surface area contributed by atoms with Gasteiger partial charge in [0.15, 0.2) is 0 Å². The average molecular weight is 475 g/mol. The number of hydrogen-bond donors (Lipinski definition) is 2. The Balaban J connectivity index is 2.50. The molecule has 2 aromatic rings. The molecule has 0 fully saturated rings. The van der Waals surface area contributed by atoms with Crippen LogP contribution in [0, 0.1) is 5.82 Å². The van der Waals surface area contributed by atoms with Crippen LogP contribution in [0.3, 0.4) is 0 Å². The molecular formula is C20H21F4N3O4S. The number of carbonyl (C=O) groups excluding carboxylic acids is 2. The number of carbonyl (C=O) groups is 2. The maximum absolute atomic E-state index is 14.3. The molecule has 0 aliphatic heterocycles. The van der Waals surface area contributed by atoms with Crippen molar-refractivity contribution in [1.29, 1.82) is 0 Å². The van der Waals surface area contributed by atoms with Crippen LogP contribution in [-0.2, 0) is 21.0 Å². The summed E-state index contributed by atoms with van der Waals surface area (Å²) in [7, 11) is -4.02. The first-order chi connectivity index (χ1) is 14.8. The van der Waals surface area contributed by atoms with Gasteiger partial charge in [-0.15, -0.1) is 0 Å². The zero-order chi connectivity index (χ0) is 24.3. The highest BCUT2D eigenvalue weighted by Crippen LogP contribution is 2.34. The first-order valence-electron chi connectivity index (χ1n) is 9.41. The largest absolute Gasteiger partial charge is 0.416 e. The second kappa shape index (κ2) is 9.65. The Hall–Kier alpha value is -2.99. The molecule has 2 rings (SSSR count). The van der Waals surface area contributed by atoms with E-state index in [9.17, 15) is 35.6 Å². The Morgan fingerprint density at radius 2 is 1.59 bits per heavy atom. The first-order valence-corrected chi connectivity index (χ1v) is 10.8. The predicted octanol–water partition coefficient (Wildman–Crippen LogP) is 4.09. The first kappa shape index (κ1) is 25.3. The maximum Gasteiger partial charge on any atom is 0.416 e. The zero-order valence-corrected chi connectivity index (χ0v) is 18.2. The van der Waals surface area contributed by atoms with Crippen LogP contribution in [0.4, 0.5) is 28.9 Å². The molecule has 0 aliphatic rings. The second-order valence-corrected chi connectivity index (χ2v) is 8.56. The van der Waals surface area contributed by atoms with Crippen LogP contribution in [0.15, 0.2) is 41.3 Å². The summed E-state index contributed by atoms with van der Waals surface area (Å²) in [5.41, 5.74) is -2.38. The minimum absolute atomic E-state index is 0.141. The lowest BCUT2D eigenvalue weighted by molar-refractivity contribution is -0.137. The summed E-state index contributed by atoms with van der Waals surface area (Å²) in [5, 5.41) is 4.39. The van der Waals surface area contributed by atoms with Gasteiger partial charge in [-0.25, -0.2) is 12.8 Å². The van der Waals surface area contributed by atoms with E-state index in [0.717, 1.165) is 35.5 Å². The Morgan fingerprint density at radius 3 is 2.12 bits per heavy atom. The molecular weight excluding hydrogens is 454 g/mol. The number of alkyl halides is 3. The Labute approximate surface area is 182 Å². The molecule has 0 saturated heterocycles. The van der Waals surface area contributed by atoms with Crippen LogP contribution in [0.2, 0.25) is 0 Å². The van der Waals surface area contributed by atoms with Crippen molar-refractivity contribution in [3.8, 4) is 0 Å². The van der Waals surface area contributed by atoms with Crippen LogP contribution >= 0.6 is 0 Å². The van der Waals surface area contributed by atoms with Crippen molar-refractivity contribution in [3.63, 3.8) is 0 Å². The number of sulfonamides is 1. The molecule has 0 aromatic heterocycles. The third-order valence-corrected chi connectivity index (χ3v) is 6.48. The maximum atomic E-state index is 14.3. The Bertz CT molecular complexity index is 1130. The molecule has 174 valence electrons. The van der Waals surface area contributed by atoms with E-state index in [1.54, 1.807) is 13.8 Å². The van der Waals surface area contributed by atoms with Gasteiger partial charge >= 0.3 is 6.18 Å². The van der Waals surface area contributed by atoms with Gasteiger partial charge in [0.25, 0.3) is 5.91 Å². The van der Waals surface area contributed by atoms with Crippen LogP contribution in [0.1, 0.15) is 36.7 Å². The topological polar surface area (TPSA) is 95.6 Å². The quantitative estimate of drug-likeness (QED) is 0.590. The van der Waals surface area contributed by atoms with Crippen molar-refractivity contribution in [3.05, 3.63) is 53.3 Å². The molecule has 0 bridgehead atoms. The van der Waals surface area contributed by atoms with Crippen LogP contribution in [0.25, 0.3) is 0 Å². The van der Waals surface area contributed by atoms with Crippen molar-refractivity contribution >= 4 is 33.2 Å². The minimum Gasteiger partial charge on any atom is -0.325 e. The van der Waals surface area contributed by atoms with Crippen molar-refractivity contribution in [1.82, 2.24) is 4.31 Å². The summed E-state index contributed by atoms with van der Waals surface area (Å²) < 4.78 is 80.0. The molecule has 32 heavy (non-hydrogen) atoms. The van der Waals surface area contributed by atoms with E-state index in [2.05, 4.69) is 10.6 Å². The fourth-order valence-electron chi connectivity index (χ4n) is 2.86. The van der Waals surface area contributed by atoms with Crippen LogP contribution in [-0.4, -0.2) is 37.6 Å². The molecule has 0 spiro atoms. The number of rotatable bonds is 7. The van der Waals surface area contributed by atoms with Gasteiger partial charge in [0, 0.05) is 20.0 Å². The number of nitrogens with one attached hydrogen (secondary N) is 2. The number of halogens is 4. The minimum atomic E-state index is -4.74. The normalized spacial score (nSPS) is 12.0. The number of anilines is 2. The highest BCUT2D eigenvalue weighted by molar-refractivity contribution is 7.89. The molecule has 2 amide bonds. The highest BCUT2D eigenvalue weighted by Gasteiger charge is 2.31. The third kappa shape index (κ3) is 5.62. The second-order valence-electron chi connectivity index (χ2n) is 6.62. The van der Waals surface area contributed by atoms with E-state index in [1.807, 2.05) is 0 Å². The molecule has 0 heterocycles. The van der Waals surface area contributed by atoms with Crippen molar-refractivity contribution in [2.75, 3.05) is 23.7 Å². The van der Waals surface area contributed by atoms with Gasteiger partial charge in [-0.05, 0) is 36.4 Å². The van der Waals surface area contributed by atoms with Gasteiger partial charge in [0.2, 0.25) is 15.9 Å². The lowest BCUT2D eigenvalue weighted by atomic mass is 10.1. The summed E-state index contributed by atoms with van der Waals surface area (Å²) in [6.45, 7) is 4.61. The number of benzene rings is 2. The van der Waals surface area contributed by atoms with E-state index in [0.29, 0.717) is 12.1 Å². The molecule has 0 saturated carbocycles. The molecule has 0 atom stereocenters. The summed E-state index contributed by atoms with van der Waals surface area (Å²) in [4.78, 5) is 23.7. The van der Waals surface area contributed by atoms with Crippen molar-refractivity contribution in [2.45, 2.75) is 31.8 Å². The van der Waals surface area contributed by atoms with Crippen molar-refractivity contribution in [2.24, 2.45) is 0 Å². The van der Waals surface area contributed by atoms with Crippen molar-refractivity contribution < 1.29 is 35.6 Å². The van der Waals surface area contributed by atoms with Gasteiger partial charge in [-0.3, -0.25) is 9.59 Å². The monoisotopic (exact) mass is 475 g/mol. The number of nitrogens with zero attached hydrogens (tertiary/aromatic N) is 1. The number of hydrogen-bond acceptors (Lipinski definition) is 4. The van der Waals surface area contributed by atoms with E-state index >= 15 is 0 Å². The summed E-state index contributed by atoms with van der Waals surface area (Å²) >= 11 is 0. The van der Waals surface area contributed by atoms with E-state index < -0.39 is 50.6 Å². The van der Waals surface area contributed by atoms with Gasteiger partial charge in [0.1, 0.15) is 5.82 Å². The molecule has 0 unspecified atom stereocenters. The lowest BCUT2D eigenvalue weighted by Crippen LogP contribution is -2.31. The fraction of sp³-hybridized carbons (Fsp3) is 0.300. The smallest absolute Gasteiger partial charge is 0.325 e. The Kier molecular flexibility index (Phi) is 7.62. The molecule has 2 aromatic carbocycles. The van der Waals surface area contributed by atoms with E-state index in [1.165, 1.54) is 0 Å². The standard InChI is InChI=1S/C20H21F4N3O4S/c1-4-27(5-2)32(30,31)14-7-8-16(21)15(11-14)19(29)26-18-10-13(20(22,23)24)6-9-17(18)25-12(3)28/h6-11H,4-5H2,1-3H3,(H,25,28)(H,26,29).